The van der Waals surface area contributed by atoms with Gasteiger partial charge in [-0.15, -0.1) is 34.2 Å². The van der Waals surface area contributed by atoms with Gasteiger partial charge in [-0.1, -0.05) is 50.6 Å². The van der Waals surface area contributed by atoms with E-state index in [1.165, 1.54) is 0 Å². The van der Waals surface area contributed by atoms with Gasteiger partial charge in [0.15, 0.2) is 5.96 Å². The smallest absolute Gasteiger partial charge is 0.191 e. The predicted molar refractivity (Wildman–Crippen MR) is 131 cm³/mol. The summed E-state index contributed by atoms with van der Waals surface area (Å²) in [7, 11) is 1.79. The van der Waals surface area contributed by atoms with E-state index in [9.17, 15) is 0 Å². The average Bonchev–Trinajstić information content (AvgIpc) is 3.17. The third kappa shape index (κ3) is 7.42. The van der Waals surface area contributed by atoms with Gasteiger partial charge < -0.3 is 15.2 Å². The van der Waals surface area contributed by atoms with Gasteiger partial charge in [-0.3, -0.25) is 9.89 Å². The van der Waals surface area contributed by atoms with E-state index in [0.29, 0.717) is 0 Å². The highest BCUT2D eigenvalue weighted by Crippen LogP contribution is 2.26. The number of aromatic nitrogens is 3. The first-order chi connectivity index (χ1) is 13.6. The molecule has 9 heteroatoms. The largest absolute Gasteiger partial charge is 0.355 e. The van der Waals surface area contributed by atoms with Crippen LogP contribution in [-0.2, 0) is 13.0 Å². The topological polar surface area (TPSA) is 70.4 Å². The number of guanidine groups is 1. The van der Waals surface area contributed by atoms with E-state index in [2.05, 4.69) is 62.1 Å². The van der Waals surface area contributed by atoms with Gasteiger partial charge in [-0.25, -0.2) is 0 Å². The van der Waals surface area contributed by atoms with Crippen molar-refractivity contribution in [3.05, 3.63) is 47.0 Å². The van der Waals surface area contributed by atoms with Crippen LogP contribution in [0.15, 0.2) is 35.6 Å². The number of halogens is 2. The maximum atomic E-state index is 6.48. The molecule has 1 unspecified atom stereocenters. The number of hydrogen-bond donors (Lipinski definition) is 2. The summed E-state index contributed by atoms with van der Waals surface area (Å²) in [6.45, 7) is 10.6. The molecular formula is C20H33ClIN7. The van der Waals surface area contributed by atoms with Crippen molar-refractivity contribution in [3.8, 4) is 0 Å². The molecule has 0 aliphatic heterocycles. The van der Waals surface area contributed by atoms with Gasteiger partial charge in [0.1, 0.15) is 12.2 Å². The van der Waals surface area contributed by atoms with Crippen molar-refractivity contribution in [3.63, 3.8) is 0 Å². The van der Waals surface area contributed by atoms with Gasteiger partial charge in [0.05, 0.1) is 6.04 Å². The van der Waals surface area contributed by atoms with Gasteiger partial charge in [-0.2, -0.15) is 0 Å². The second-order valence-corrected chi connectivity index (χ2v) is 6.84. The molecule has 162 valence electrons. The highest BCUT2D eigenvalue weighted by atomic mass is 127. The molecule has 7 nitrogen and oxygen atoms in total. The number of benzene rings is 1. The summed E-state index contributed by atoms with van der Waals surface area (Å²) in [5.74, 6) is 1.76. The molecule has 0 spiro atoms. The van der Waals surface area contributed by atoms with Crippen LogP contribution in [0.5, 0.6) is 0 Å². The number of likely N-dealkylation sites (N-methyl/N-ethyl adjacent to an activating group) is 1. The number of aliphatic imine (C=N–C) groups is 1. The zero-order valence-electron chi connectivity index (χ0n) is 17.7. The van der Waals surface area contributed by atoms with Gasteiger partial charge in [-0.05, 0) is 24.7 Å². The molecule has 0 fully saturated rings. The van der Waals surface area contributed by atoms with Crippen molar-refractivity contribution in [2.24, 2.45) is 4.99 Å². The molecule has 0 bridgehead atoms. The zero-order chi connectivity index (χ0) is 20.4. The third-order valence-corrected chi connectivity index (χ3v) is 5.21. The van der Waals surface area contributed by atoms with Crippen LogP contribution in [0.25, 0.3) is 0 Å². The molecule has 1 atom stereocenters. The lowest BCUT2D eigenvalue weighted by atomic mass is 10.0. The predicted octanol–water partition coefficient (Wildman–Crippen LogP) is 3.36. The molecule has 0 amide bonds. The normalized spacial score (nSPS) is 12.6. The Bertz CT molecular complexity index is 746. The van der Waals surface area contributed by atoms with Crippen LogP contribution >= 0.6 is 35.6 Å². The second-order valence-electron chi connectivity index (χ2n) is 6.43. The Hall–Kier alpha value is -1.39. The van der Waals surface area contributed by atoms with Crippen LogP contribution in [0.1, 0.15) is 38.2 Å². The second kappa shape index (κ2) is 13.8. The molecule has 2 rings (SSSR count). The van der Waals surface area contributed by atoms with Crippen LogP contribution in [-0.4, -0.2) is 58.9 Å². The van der Waals surface area contributed by atoms with Gasteiger partial charge in [0.25, 0.3) is 0 Å². The minimum atomic E-state index is 0. The fourth-order valence-corrected chi connectivity index (χ4v) is 3.56. The maximum Gasteiger partial charge on any atom is 0.191 e. The molecule has 2 N–H and O–H groups in total. The highest BCUT2D eigenvalue weighted by molar-refractivity contribution is 14.0. The number of nitrogens with zero attached hydrogens (tertiary/aromatic N) is 5. The number of rotatable bonds is 10. The van der Waals surface area contributed by atoms with E-state index >= 15 is 0 Å². The lowest BCUT2D eigenvalue weighted by Crippen LogP contribution is -2.44. The van der Waals surface area contributed by atoms with Crippen LogP contribution in [0.2, 0.25) is 5.02 Å². The summed E-state index contributed by atoms with van der Waals surface area (Å²) >= 11 is 6.48. The van der Waals surface area contributed by atoms with Gasteiger partial charge >= 0.3 is 0 Å². The van der Waals surface area contributed by atoms with E-state index in [-0.39, 0.29) is 30.0 Å². The van der Waals surface area contributed by atoms with E-state index in [1.807, 2.05) is 18.2 Å². The number of nitrogens with one attached hydrogen (secondary N) is 2. The molecule has 1 aromatic carbocycles. The van der Waals surface area contributed by atoms with Crippen LogP contribution < -0.4 is 10.6 Å². The molecule has 29 heavy (non-hydrogen) atoms. The molecule has 1 aromatic heterocycles. The van der Waals surface area contributed by atoms with Gasteiger partial charge in [0, 0.05) is 38.1 Å². The summed E-state index contributed by atoms with van der Waals surface area (Å²) in [6.07, 6.45) is 2.64. The summed E-state index contributed by atoms with van der Waals surface area (Å²) in [5.41, 5.74) is 1.13. The molecule has 0 radical (unpaired) electrons. The number of aryl methyl sites for hydroxylation is 1. The Morgan fingerprint density at radius 3 is 2.55 bits per heavy atom. The SMILES string of the molecule is CCc1nncn1CCNC(=NC)NCC(c1ccccc1Cl)N(CC)CC.I. The molecule has 0 saturated carbocycles. The maximum absolute atomic E-state index is 6.48. The first-order valence-electron chi connectivity index (χ1n) is 9.94. The molecule has 1 heterocycles. The minimum absolute atomic E-state index is 0. The molecule has 0 saturated heterocycles. The Balaban J connectivity index is 0.00000420. The first kappa shape index (κ1) is 25.6. The lowest BCUT2D eigenvalue weighted by Gasteiger charge is -2.31. The van der Waals surface area contributed by atoms with Gasteiger partial charge in [0.2, 0.25) is 0 Å². The molecule has 2 aromatic rings. The quantitative estimate of drug-likeness (QED) is 0.278. The van der Waals surface area contributed by atoms with Crippen molar-refractivity contribution in [1.29, 1.82) is 0 Å². The van der Waals surface area contributed by atoms with Crippen LogP contribution in [0.4, 0.5) is 0 Å². The van der Waals surface area contributed by atoms with E-state index in [4.69, 9.17) is 11.6 Å². The Morgan fingerprint density at radius 2 is 1.93 bits per heavy atom. The van der Waals surface area contributed by atoms with Crippen molar-refractivity contribution in [2.45, 2.75) is 39.8 Å². The first-order valence-corrected chi connectivity index (χ1v) is 10.3. The monoisotopic (exact) mass is 533 g/mol. The van der Waals surface area contributed by atoms with E-state index in [1.54, 1.807) is 13.4 Å². The fraction of sp³-hybridized carbons (Fsp3) is 0.550. The molecule has 0 aliphatic carbocycles. The van der Waals surface area contributed by atoms with Crippen LogP contribution in [0.3, 0.4) is 0 Å². The fourth-order valence-electron chi connectivity index (χ4n) is 3.29. The van der Waals surface area contributed by atoms with E-state index < -0.39 is 0 Å². The third-order valence-electron chi connectivity index (χ3n) is 4.86. The summed E-state index contributed by atoms with van der Waals surface area (Å²) in [5, 5.41) is 15.7. The Labute approximate surface area is 196 Å². The average molecular weight is 534 g/mol. The zero-order valence-corrected chi connectivity index (χ0v) is 20.8. The highest BCUT2D eigenvalue weighted by Gasteiger charge is 2.20. The standard InChI is InChI=1S/C20H32ClN7.HI/c1-5-19-26-25-15-28(19)13-12-23-20(22-4)24-14-18(27(6-2)7-3)16-10-8-9-11-17(16)21;/h8-11,15,18H,5-7,12-14H2,1-4H3,(H2,22,23,24);1H. The van der Waals surface area contributed by atoms with Crippen molar-refractivity contribution in [2.75, 3.05) is 33.2 Å². The van der Waals surface area contributed by atoms with Crippen molar-refractivity contribution in [1.82, 2.24) is 30.3 Å². The van der Waals surface area contributed by atoms with Crippen molar-refractivity contribution < 1.29 is 0 Å². The van der Waals surface area contributed by atoms with Crippen LogP contribution in [0, 0.1) is 0 Å². The number of hydrogen-bond acceptors (Lipinski definition) is 4. The summed E-state index contributed by atoms with van der Waals surface area (Å²) < 4.78 is 2.06. The minimum Gasteiger partial charge on any atom is -0.355 e. The summed E-state index contributed by atoms with van der Waals surface area (Å²) in [6, 6.07) is 8.22. The Morgan fingerprint density at radius 1 is 1.21 bits per heavy atom. The van der Waals surface area contributed by atoms with Crippen molar-refractivity contribution >= 4 is 41.5 Å². The van der Waals surface area contributed by atoms with E-state index in [0.717, 1.165) is 61.5 Å². The molecule has 0 aliphatic rings. The lowest BCUT2D eigenvalue weighted by molar-refractivity contribution is 0.219. The summed E-state index contributed by atoms with van der Waals surface area (Å²) in [4.78, 5) is 6.75. The Kier molecular flexibility index (Phi) is 12.2. The molecular weight excluding hydrogens is 501 g/mol.